The van der Waals surface area contributed by atoms with Crippen LogP contribution in [0.2, 0.25) is 0 Å². The molecule has 3 rings (SSSR count). The predicted molar refractivity (Wildman–Crippen MR) is 121 cm³/mol. The van der Waals surface area contributed by atoms with Crippen LogP contribution in [0.1, 0.15) is 23.2 Å². The summed E-state index contributed by atoms with van der Waals surface area (Å²) < 4.78 is 10.5. The number of urea groups is 1. The summed E-state index contributed by atoms with van der Waals surface area (Å²) in [5.41, 5.74) is 1.02. The summed E-state index contributed by atoms with van der Waals surface area (Å²) in [7, 11) is 1.56. The van der Waals surface area contributed by atoms with Crippen molar-refractivity contribution in [2.45, 2.75) is 25.0 Å². The van der Waals surface area contributed by atoms with Gasteiger partial charge in [0.2, 0.25) is 0 Å². The van der Waals surface area contributed by atoms with Crippen molar-refractivity contribution in [3.05, 3.63) is 54.1 Å². The number of hydrogen-bond donors (Lipinski definition) is 3. The van der Waals surface area contributed by atoms with E-state index in [-0.39, 0.29) is 25.1 Å². The molecule has 2 unspecified atom stereocenters. The number of hydrogen-bond acceptors (Lipinski definition) is 5. The van der Waals surface area contributed by atoms with Crippen LogP contribution in [-0.2, 0) is 0 Å². The van der Waals surface area contributed by atoms with Crippen molar-refractivity contribution in [1.82, 2.24) is 10.2 Å². The number of nitrogens with one attached hydrogen (secondary N) is 2. The van der Waals surface area contributed by atoms with E-state index in [1.54, 1.807) is 60.5 Å². The molecule has 0 spiro atoms. The fraction of sp³-hybridized carbons (Fsp3) is 0.333. The van der Waals surface area contributed by atoms with Crippen LogP contribution in [0, 0.1) is 12.3 Å². The molecule has 8 nitrogen and oxygen atoms in total. The average molecular weight is 437 g/mol. The molecule has 32 heavy (non-hydrogen) atoms. The smallest absolute Gasteiger partial charge is 0.321 e. The number of benzene rings is 2. The molecule has 1 aliphatic rings. The normalized spacial score (nSPS) is 18.1. The third-order valence-electron chi connectivity index (χ3n) is 5.17. The van der Waals surface area contributed by atoms with Crippen molar-refractivity contribution in [2.75, 3.05) is 32.1 Å². The molecule has 2 aromatic rings. The second-order valence-corrected chi connectivity index (χ2v) is 7.41. The third kappa shape index (κ3) is 6.15. The lowest BCUT2D eigenvalue weighted by molar-refractivity contribution is 0.0811. The molecule has 0 aromatic heterocycles. The number of aliphatic hydroxyl groups excluding tert-OH is 1. The molecule has 8 heteroatoms. The molecule has 0 saturated carbocycles. The highest BCUT2D eigenvalue weighted by molar-refractivity contribution is 5.94. The minimum atomic E-state index is -0.758. The summed E-state index contributed by atoms with van der Waals surface area (Å²) >= 11 is 0. The lowest BCUT2D eigenvalue weighted by Crippen LogP contribution is -2.50. The first kappa shape index (κ1) is 23.0. The first-order valence-electron chi connectivity index (χ1n) is 10.4. The van der Waals surface area contributed by atoms with Crippen molar-refractivity contribution in [3.8, 4) is 23.8 Å². The van der Waals surface area contributed by atoms with E-state index in [4.69, 9.17) is 15.9 Å². The van der Waals surface area contributed by atoms with E-state index < -0.39 is 12.1 Å². The molecule has 1 heterocycles. The van der Waals surface area contributed by atoms with Crippen LogP contribution in [0.3, 0.4) is 0 Å². The minimum absolute atomic E-state index is 0.146. The largest absolute Gasteiger partial charge is 0.497 e. The van der Waals surface area contributed by atoms with Gasteiger partial charge in [0.05, 0.1) is 19.3 Å². The topological polar surface area (TPSA) is 100 Å². The van der Waals surface area contributed by atoms with Crippen LogP contribution in [0.4, 0.5) is 10.5 Å². The Morgan fingerprint density at radius 3 is 2.72 bits per heavy atom. The van der Waals surface area contributed by atoms with E-state index >= 15 is 0 Å². The summed E-state index contributed by atoms with van der Waals surface area (Å²) in [6.07, 6.45) is 5.52. The number of aliphatic hydroxyl groups is 1. The maximum Gasteiger partial charge on any atom is 0.321 e. The van der Waals surface area contributed by atoms with Gasteiger partial charge in [0, 0.05) is 30.4 Å². The van der Waals surface area contributed by atoms with Crippen LogP contribution in [0.15, 0.2) is 48.5 Å². The van der Waals surface area contributed by atoms with E-state index in [1.807, 2.05) is 0 Å². The second-order valence-electron chi connectivity index (χ2n) is 7.41. The summed E-state index contributed by atoms with van der Waals surface area (Å²) in [6, 6.07) is 12.7. The van der Waals surface area contributed by atoms with E-state index in [2.05, 4.69) is 16.6 Å². The van der Waals surface area contributed by atoms with Gasteiger partial charge in [-0.3, -0.25) is 4.79 Å². The maximum absolute atomic E-state index is 12.8. The van der Waals surface area contributed by atoms with Crippen LogP contribution >= 0.6 is 0 Å². The van der Waals surface area contributed by atoms with E-state index in [9.17, 15) is 14.7 Å². The van der Waals surface area contributed by atoms with Crippen molar-refractivity contribution in [3.63, 3.8) is 0 Å². The summed E-state index contributed by atoms with van der Waals surface area (Å²) in [4.78, 5) is 27.1. The SMILES string of the molecule is C#CCOc1ccc(C(=O)NC2CN(C(=O)Nc3cccc(OC)c3)CCCC2O)cc1. The summed E-state index contributed by atoms with van der Waals surface area (Å²) in [5.74, 6) is 3.24. The molecular formula is C24H27N3O5. The van der Waals surface area contributed by atoms with Crippen LogP contribution < -0.4 is 20.1 Å². The van der Waals surface area contributed by atoms with E-state index in [0.717, 1.165) is 0 Å². The first-order valence-corrected chi connectivity index (χ1v) is 10.4. The Balaban J connectivity index is 1.63. The van der Waals surface area contributed by atoms with Crippen molar-refractivity contribution >= 4 is 17.6 Å². The number of anilines is 1. The standard InChI is InChI=1S/C24H27N3O5/c1-3-14-32-19-11-9-17(10-12-19)23(29)26-21-16-27(13-5-8-22(21)28)24(30)25-18-6-4-7-20(15-18)31-2/h1,4,6-7,9-12,15,21-22,28H,5,8,13-14,16H2,2H3,(H,25,30)(H,26,29). The van der Waals surface area contributed by atoms with Crippen molar-refractivity contribution < 1.29 is 24.2 Å². The minimum Gasteiger partial charge on any atom is -0.497 e. The number of methoxy groups -OCH3 is 1. The number of nitrogens with zero attached hydrogens (tertiary/aromatic N) is 1. The number of amides is 3. The highest BCUT2D eigenvalue weighted by Gasteiger charge is 2.29. The summed E-state index contributed by atoms with van der Waals surface area (Å²) in [5, 5.41) is 16.2. The Hall–Kier alpha value is -3.70. The molecule has 2 atom stereocenters. The Morgan fingerprint density at radius 2 is 2.00 bits per heavy atom. The van der Waals surface area contributed by atoms with Gasteiger partial charge in [0.15, 0.2) is 0 Å². The Labute approximate surface area is 187 Å². The zero-order chi connectivity index (χ0) is 22.9. The molecule has 0 bridgehead atoms. The molecule has 3 N–H and O–H groups in total. The molecule has 2 aromatic carbocycles. The van der Waals surface area contributed by atoms with Crippen LogP contribution in [-0.4, -0.2) is 60.9 Å². The van der Waals surface area contributed by atoms with Gasteiger partial charge < -0.3 is 30.1 Å². The number of rotatable bonds is 6. The quantitative estimate of drug-likeness (QED) is 0.603. The molecule has 1 saturated heterocycles. The number of carbonyl (C=O) groups excluding carboxylic acids is 2. The van der Waals surface area contributed by atoms with Crippen LogP contribution in [0.25, 0.3) is 0 Å². The fourth-order valence-electron chi connectivity index (χ4n) is 3.45. The molecule has 1 fully saturated rings. The van der Waals surface area contributed by atoms with Gasteiger partial charge in [-0.1, -0.05) is 12.0 Å². The molecule has 3 amide bonds. The van der Waals surface area contributed by atoms with Gasteiger partial charge >= 0.3 is 6.03 Å². The second kappa shape index (κ2) is 11.1. The Kier molecular flexibility index (Phi) is 7.95. The Bertz CT molecular complexity index is 970. The van der Waals surface area contributed by atoms with Crippen molar-refractivity contribution in [2.24, 2.45) is 0 Å². The zero-order valence-electron chi connectivity index (χ0n) is 17.9. The van der Waals surface area contributed by atoms with E-state index in [0.29, 0.717) is 42.1 Å². The van der Waals surface area contributed by atoms with Crippen LogP contribution in [0.5, 0.6) is 11.5 Å². The predicted octanol–water partition coefficient (Wildman–Crippen LogP) is 2.49. The van der Waals surface area contributed by atoms with E-state index in [1.165, 1.54) is 0 Å². The molecule has 0 aliphatic carbocycles. The number of likely N-dealkylation sites (tertiary alicyclic amines) is 1. The molecular weight excluding hydrogens is 410 g/mol. The molecule has 168 valence electrons. The van der Waals surface area contributed by atoms with Gasteiger partial charge in [0.1, 0.15) is 18.1 Å². The number of carbonyl (C=O) groups is 2. The Morgan fingerprint density at radius 1 is 1.22 bits per heavy atom. The van der Waals surface area contributed by atoms with Gasteiger partial charge in [-0.05, 0) is 49.2 Å². The zero-order valence-corrected chi connectivity index (χ0v) is 17.9. The van der Waals surface area contributed by atoms with Gasteiger partial charge in [0.25, 0.3) is 5.91 Å². The monoisotopic (exact) mass is 437 g/mol. The molecule has 1 aliphatic heterocycles. The average Bonchev–Trinajstić information content (AvgIpc) is 2.99. The first-order chi connectivity index (χ1) is 15.5. The number of terminal acetylenes is 1. The van der Waals surface area contributed by atoms with Crippen molar-refractivity contribution in [1.29, 1.82) is 0 Å². The van der Waals surface area contributed by atoms with Gasteiger partial charge in [-0.15, -0.1) is 6.42 Å². The summed E-state index contributed by atoms with van der Waals surface area (Å²) in [6.45, 7) is 0.806. The highest BCUT2D eigenvalue weighted by Crippen LogP contribution is 2.19. The molecule has 0 radical (unpaired) electrons. The maximum atomic E-state index is 12.8. The fourth-order valence-corrected chi connectivity index (χ4v) is 3.45. The highest BCUT2D eigenvalue weighted by atomic mass is 16.5. The van der Waals surface area contributed by atoms with Gasteiger partial charge in [-0.2, -0.15) is 0 Å². The number of ether oxygens (including phenoxy) is 2. The van der Waals surface area contributed by atoms with Gasteiger partial charge in [-0.25, -0.2) is 4.79 Å². The third-order valence-corrected chi connectivity index (χ3v) is 5.17. The lowest BCUT2D eigenvalue weighted by Gasteiger charge is -2.27. The lowest BCUT2D eigenvalue weighted by atomic mass is 10.1.